The van der Waals surface area contributed by atoms with E-state index in [4.69, 9.17) is 0 Å². The van der Waals surface area contributed by atoms with Gasteiger partial charge < -0.3 is 4.57 Å². The van der Waals surface area contributed by atoms with Gasteiger partial charge in [-0.3, -0.25) is 10.1 Å². The number of alkyl halides is 3. The van der Waals surface area contributed by atoms with Crippen LogP contribution in [0.5, 0.6) is 0 Å². The molecule has 12 heteroatoms. The number of thiazole rings is 1. The molecule has 0 fully saturated rings. The Hall–Kier alpha value is -3.51. The highest BCUT2D eigenvalue weighted by atomic mass is 32.2. The van der Waals surface area contributed by atoms with E-state index < -0.39 is 26.1 Å². The molecule has 2 heterocycles. The second kappa shape index (κ2) is 8.45. The van der Waals surface area contributed by atoms with Crippen molar-refractivity contribution in [1.29, 1.82) is 0 Å². The summed E-state index contributed by atoms with van der Waals surface area (Å²) >= 11 is 1.19. The van der Waals surface area contributed by atoms with Crippen molar-refractivity contribution >= 4 is 32.2 Å². The second-order valence-corrected chi connectivity index (χ2v) is 9.79. The minimum atomic E-state index is -5.49. The standard InChI is InChI=1S/C21H15F3N4O3S2/c1-28-12-11-25-18(28)17-16(13-5-3-2-4-6-13)26-20(32-17)27-19(29)14-7-9-15(10-8-14)33(30,31)21(22,23)24/h2-12H,1H3,(H,26,27,29). The minimum Gasteiger partial charge on any atom is -0.333 e. The van der Waals surface area contributed by atoms with Crippen LogP contribution in [0.25, 0.3) is 22.0 Å². The molecule has 170 valence electrons. The first kappa shape index (κ1) is 22.7. The zero-order valence-corrected chi connectivity index (χ0v) is 18.5. The van der Waals surface area contributed by atoms with Gasteiger partial charge in [0.25, 0.3) is 15.7 Å². The number of nitrogens with one attached hydrogen (secondary N) is 1. The Bertz CT molecular complexity index is 1410. The third-order valence-electron chi connectivity index (χ3n) is 4.65. The van der Waals surface area contributed by atoms with E-state index in [0.717, 1.165) is 34.7 Å². The number of hydrogen-bond donors (Lipinski definition) is 1. The van der Waals surface area contributed by atoms with Gasteiger partial charge in [-0.25, -0.2) is 18.4 Å². The predicted molar refractivity (Wildman–Crippen MR) is 117 cm³/mol. The molecule has 0 saturated carbocycles. The van der Waals surface area contributed by atoms with Crippen LogP contribution in [0.15, 0.2) is 71.9 Å². The summed E-state index contributed by atoms with van der Waals surface area (Å²) in [6, 6.07) is 12.8. The molecule has 0 spiro atoms. The molecule has 1 N–H and O–H groups in total. The lowest BCUT2D eigenvalue weighted by Gasteiger charge is -2.08. The van der Waals surface area contributed by atoms with E-state index in [1.165, 1.54) is 11.3 Å². The molecule has 4 aromatic rings. The van der Waals surface area contributed by atoms with Crippen molar-refractivity contribution in [3.8, 4) is 22.0 Å². The number of halogens is 3. The number of hydrogen-bond acceptors (Lipinski definition) is 6. The second-order valence-electron chi connectivity index (χ2n) is 6.85. The molecule has 0 aliphatic heterocycles. The third kappa shape index (κ3) is 4.39. The summed E-state index contributed by atoms with van der Waals surface area (Å²) in [5, 5.41) is 2.87. The molecule has 2 aromatic carbocycles. The Morgan fingerprint density at radius 2 is 1.73 bits per heavy atom. The lowest BCUT2D eigenvalue weighted by Crippen LogP contribution is -2.23. The number of carbonyl (C=O) groups excluding carboxylic acids is 1. The average molecular weight is 493 g/mol. The number of aryl methyl sites for hydroxylation is 1. The van der Waals surface area contributed by atoms with E-state index in [-0.39, 0.29) is 10.7 Å². The first-order valence-corrected chi connectivity index (χ1v) is 11.6. The Labute approximate surface area is 190 Å². The number of benzene rings is 2. The predicted octanol–water partition coefficient (Wildman–Crippen LogP) is 4.76. The van der Waals surface area contributed by atoms with Crippen LogP contribution in [0, 0.1) is 0 Å². The summed E-state index contributed by atoms with van der Waals surface area (Å²) in [6.45, 7) is 0. The van der Waals surface area contributed by atoms with E-state index >= 15 is 0 Å². The van der Waals surface area contributed by atoms with E-state index in [9.17, 15) is 26.4 Å². The number of amides is 1. The van der Waals surface area contributed by atoms with Gasteiger partial charge in [0.05, 0.1) is 15.5 Å². The molecule has 2 aromatic heterocycles. The highest BCUT2D eigenvalue weighted by Gasteiger charge is 2.46. The van der Waals surface area contributed by atoms with Crippen LogP contribution in [0.1, 0.15) is 10.4 Å². The first-order chi connectivity index (χ1) is 15.6. The number of aromatic nitrogens is 3. The summed E-state index contributed by atoms with van der Waals surface area (Å²) < 4.78 is 62.9. The number of imidazole rings is 1. The summed E-state index contributed by atoms with van der Waals surface area (Å²) in [5.74, 6) is -0.000675. The number of carbonyl (C=O) groups is 1. The Kier molecular flexibility index (Phi) is 5.80. The van der Waals surface area contributed by atoms with Gasteiger partial charge in [0, 0.05) is 30.6 Å². The fourth-order valence-corrected chi connectivity index (χ4v) is 4.77. The Balaban J connectivity index is 1.64. The summed E-state index contributed by atoms with van der Waals surface area (Å²) in [7, 11) is -3.67. The van der Waals surface area contributed by atoms with Crippen molar-refractivity contribution in [2.75, 3.05) is 5.32 Å². The molecule has 0 radical (unpaired) electrons. The fourth-order valence-electron chi connectivity index (χ4n) is 2.99. The molecule has 0 bridgehead atoms. The van der Waals surface area contributed by atoms with Crippen molar-refractivity contribution < 1.29 is 26.4 Å². The van der Waals surface area contributed by atoms with E-state index in [1.807, 2.05) is 41.9 Å². The van der Waals surface area contributed by atoms with Gasteiger partial charge in [-0.2, -0.15) is 13.2 Å². The van der Waals surface area contributed by atoms with Gasteiger partial charge in [-0.15, -0.1) is 0 Å². The molecular weight excluding hydrogens is 477 g/mol. The molecule has 33 heavy (non-hydrogen) atoms. The third-order valence-corrected chi connectivity index (χ3v) is 7.12. The van der Waals surface area contributed by atoms with Crippen molar-refractivity contribution in [1.82, 2.24) is 14.5 Å². The van der Waals surface area contributed by atoms with Crippen LogP contribution in [0.2, 0.25) is 0 Å². The molecule has 0 unspecified atom stereocenters. The lowest BCUT2D eigenvalue weighted by atomic mass is 10.1. The van der Waals surface area contributed by atoms with Crippen molar-refractivity contribution in [2.24, 2.45) is 7.05 Å². The van der Waals surface area contributed by atoms with E-state index in [0.29, 0.717) is 11.5 Å². The maximum Gasteiger partial charge on any atom is 0.501 e. The van der Waals surface area contributed by atoms with Crippen LogP contribution in [0.4, 0.5) is 18.3 Å². The van der Waals surface area contributed by atoms with Crippen LogP contribution in [0.3, 0.4) is 0 Å². The normalized spacial score (nSPS) is 12.0. The average Bonchev–Trinajstić information content (AvgIpc) is 3.39. The topological polar surface area (TPSA) is 94.0 Å². The number of sulfone groups is 1. The maximum absolute atomic E-state index is 12.7. The molecule has 0 aliphatic rings. The van der Waals surface area contributed by atoms with E-state index in [2.05, 4.69) is 15.3 Å². The zero-order chi connectivity index (χ0) is 23.8. The van der Waals surface area contributed by atoms with Crippen LogP contribution in [-0.4, -0.2) is 34.4 Å². The molecule has 0 saturated heterocycles. The molecule has 4 rings (SSSR count). The molecular formula is C21H15F3N4O3S2. The minimum absolute atomic E-state index is 0.0221. The SMILES string of the molecule is Cn1ccnc1-c1sc(NC(=O)c2ccc(S(=O)(=O)C(F)(F)F)cc2)nc1-c1ccccc1. The van der Waals surface area contributed by atoms with Crippen molar-refractivity contribution in [3.05, 3.63) is 72.6 Å². The zero-order valence-electron chi connectivity index (χ0n) is 16.9. The largest absolute Gasteiger partial charge is 0.501 e. The van der Waals surface area contributed by atoms with Gasteiger partial charge in [-0.1, -0.05) is 41.7 Å². The highest BCUT2D eigenvalue weighted by molar-refractivity contribution is 7.92. The monoisotopic (exact) mass is 492 g/mol. The maximum atomic E-state index is 12.7. The highest BCUT2D eigenvalue weighted by Crippen LogP contribution is 2.38. The number of anilines is 1. The summed E-state index contributed by atoms with van der Waals surface area (Å²) in [5.41, 5.74) is -4.02. The fraction of sp³-hybridized carbons (Fsp3) is 0.0952. The van der Waals surface area contributed by atoms with Gasteiger partial charge >= 0.3 is 5.51 Å². The van der Waals surface area contributed by atoms with Gasteiger partial charge in [0.2, 0.25) is 0 Å². The van der Waals surface area contributed by atoms with E-state index in [1.54, 1.807) is 12.4 Å². The lowest BCUT2D eigenvalue weighted by molar-refractivity contribution is -0.0436. The summed E-state index contributed by atoms with van der Waals surface area (Å²) in [4.78, 5) is 21.3. The van der Waals surface area contributed by atoms with Crippen molar-refractivity contribution in [3.63, 3.8) is 0 Å². The molecule has 0 aliphatic carbocycles. The quantitative estimate of drug-likeness (QED) is 0.434. The molecule has 1 amide bonds. The molecule has 0 atom stereocenters. The Morgan fingerprint density at radius 1 is 1.06 bits per heavy atom. The van der Waals surface area contributed by atoms with Crippen LogP contribution in [-0.2, 0) is 16.9 Å². The first-order valence-electron chi connectivity index (χ1n) is 9.34. The smallest absolute Gasteiger partial charge is 0.333 e. The molecule has 7 nitrogen and oxygen atoms in total. The van der Waals surface area contributed by atoms with Crippen molar-refractivity contribution in [2.45, 2.75) is 10.4 Å². The Morgan fingerprint density at radius 3 is 2.30 bits per heavy atom. The summed E-state index contributed by atoms with van der Waals surface area (Å²) in [6.07, 6.45) is 3.41. The van der Waals surface area contributed by atoms with Crippen LogP contribution >= 0.6 is 11.3 Å². The van der Waals surface area contributed by atoms with Gasteiger partial charge in [-0.05, 0) is 24.3 Å². The number of nitrogens with zero attached hydrogens (tertiary/aromatic N) is 3. The van der Waals surface area contributed by atoms with Gasteiger partial charge in [0.1, 0.15) is 0 Å². The van der Waals surface area contributed by atoms with Gasteiger partial charge in [0.15, 0.2) is 11.0 Å². The van der Waals surface area contributed by atoms with Crippen LogP contribution < -0.4 is 5.32 Å². The number of rotatable bonds is 5.